The SMILES string of the molecule is CN(CCOCC1CC1)c1nccc(C(=N)N)n1. The van der Waals surface area contributed by atoms with Crippen LogP contribution in [0.25, 0.3) is 0 Å². The first-order chi connectivity index (χ1) is 8.66. The van der Waals surface area contributed by atoms with Crippen LogP contribution in [0.3, 0.4) is 0 Å². The maximum atomic E-state index is 7.34. The van der Waals surface area contributed by atoms with E-state index in [4.69, 9.17) is 15.9 Å². The largest absolute Gasteiger partial charge is 0.382 e. The van der Waals surface area contributed by atoms with Gasteiger partial charge in [-0.2, -0.15) is 0 Å². The summed E-state index contributed by atoms with van der Waals surface area (Å²) in [5.74, 6) is 1.31. The zero-order valence-corrected chi connectivity index (χ0v) is 10.6. The van der Waals surface area contributed by atoms with Crippen molar-refractivity contribution in [3.05, 3.63) is 18.0 Å². The molecule has 0 amide bonds. The van der Waals surface area contributed by atoms with Crippen LogP contribution < -0.4 is 10.6 Å². The molecule has 98 valence electrons. The van der Waals surface area contributed by atoms with Gasteiger partial charge in [0.1, 0.15) is 11.5 Å². The molecule has 0 spiro atoms. The normalized spacial score (nSPS) is 14.5. The first-order valence-electron chi connectivity index (χ1n) is 6.13. The maximum absolute atomic E-state index is 7.34. The minimum Gasteiger partial charge on any atom is -0.382 e. The van der Waals surface area contributed by atoms with Gasteiger partial charge >= 0.3 is 0 Å². The molecule has 1 aromatic heterocycles. The molecule has 0 atom stereocenters. The van der Waals surface area contributed by atoms with Crippen molar-refractivity contribution in [3.8, 4) is 0 Å². The van der Waals surface area contributed by atoms with E-state index in [0.717, 1.165) is 19.1 Å². The lowest BCUT2D eigenvalue weighted by Gasteiger charge is -2.17. The number of nitrogen functional groups attached to an aromatic ring is 1. The third kappa shape index (κ3) is 3.66. The van der Waals surface area contributed by atoms with E-state index in [2.05, 4.69) is 9.97 Å². The lowest BCUT2D eigenvalue weighted by Crippen LogP contribution is -2.26. The van der Waals surface area contributed by atoms with Crippen molar-refractivity contribution in [1.82, 2.24) is 9.97 Å². The standard InChI is InChI=1S/C12H19N5O/c1-17(6-7-18-8-9-2-3-9)12-15-5-4-10(16-12)11(13)14/h4-5,9H,2-3,6-8H2,1H3,(H3,13,14). The molecule has 2 rings (SSSR count). The molecule has 0 radical (unpaired) electrons. The highest BCUT2D eigenvalue weighted by Crippen LogP contribution is 2.28. The monoisotopic (exact) mass is 249 g/mol. The van der Waals surface area contributed by atoms with Crippen LogP contribution in [0.15, 0.2) is 12.3 Å². The molecule has 3 N–H and O–H groups in total. The van der Waals surface area contributed by atoms with Crippen LogP contribution in [0.5, 0.6) is 0 Å². The second-order valence-corrected chi connectivity index (χ2v) is 4.60. The predicted molar refractivity (Wildman–Crippen MR) is 69.9 cm³/mol. The Morgan fingerprint density at radius 2 is 2.39 bits per heavy atom. The lowest BCUT2D eigenvalue weighted by molar-refractivity contribution is 0.130. The number of anilines is 1. The Balaban J connectivity index is 1.81. The molecule has 6 heteroatoms. The molecular weight excluding hydrogens is 230 g/mol. The fourth-order valence-electron chi connectivity index (χ4n) is 1.52. The smallest absolute Gasteiger partial charge is 0.225 e. The van der Waals surface area contributed by atoms with Crippen LogP contribution in [-0.2, 0) is 4.74 Å². The number of nitrogens with one attached hydrogen (secondary N) is 1. The molecular formula is C12H19N5O. The second-order valence-electron chi connectivity index (χ2n) is 4.60. The van der Waals surface area contributed by atoms with Crippen LogP contribution >= 0.6 is 0 Å². The number of amidine groups is 1. The van der Waals surface area contributed by atoms with Crippen LogP contribution in [-0.4, -0.2) is 42.6 Å². The third-order valence-corrected chi connectivity index (χ3v) is 2.88. The van der Waals surface area contributed by atoms with Crippen LogP contribution in [0.2, 0.25) is 0 Å². The van der Waals surface area contributed by atoms with Crippen molar-refractivity contribution in [2.24, 2.45) is 11.7 Å². The van der Waals surface area contributed by atoms with E-state index in [1.165, 1.54) is 12.8 Å². The van der Waals surface area contributed by atoms with Crippen molar-refractivity contribution < 1.29 is 4.74 Å². The number of nitrogens with two attached hydrogens (primary N) is 1. The average Bonchev–Trinajstić information content (AvgIpc) is 3.18. The van der Waals surface area contributed by atoms with Crippen molar-refractivity contribution in [3.63, 3.8) is 0 Å². The summed E-state index contributed by atoms with van der Waals surface area (Å²) in [6, 6.07) is 1.63. The van der Waals surface area contributed by atoms with Gasteiger partial charge in [0.2, 0.25) is 5.95 Å². The van der Waals surface area contributed by atoms with Crippen molar-refractivity contribution in [2.45, 2.75) is 12.8 Å². The van der Waals surface area contributed by atoms with Gasteiger partial charge in [-0.3, -0.25) is 5.41 Å². The van der Waals surface area contributed by atoms with Gasteiger partial charge in [-0.15, -0.1) is 0 Å². The molecule has 0 unspecified atom stereocenters. The van der Waals surface area contributed by atoms with E-state index in [1.54, 1.807) is 12.3 Å². The molecule has 1 heterocycles. The van der Waals surface area contributed by atoms with Crippen LogP contribution in [0.1, 0.15) is 18.5 Å². The Bertz CT molecular complexity index is 419. The second kappa shape index (κ2) is 5.77. The Morgan fingerprint density at radius 3 is 3.06 bits per heavy atom. The Hall–Kier alpha value is -1.69. The fraction of sp³-hybridized carbons (Fsp3) is 0.583. The van der Waals surface area contributed by atoms with Gasteiger partial charge in [-0.25, -0.2) is 9.97 Å². The molecule has 0 aliphatic heterocycles. The summed E-state index contributed by atoms with van der Waals surface area (Å²) in [6.45, 7) is 2.26. The first-order valence-corrected chi connectivity index (χ1v) is 6.13. The van der Waals surface area contributed by atoms with Crippen LogP contribution in [0.4, 0.5) is 5.95 Å². The number of hydrogen-bond acceptors (Lipinski definition) is 5. The predicted octanol–water partition coefficient (Wildman–Crippen LogP) is 0.623. The molecule has 6 nitrogen and oxygen atoms in total. The van der Waals surface area contributed by atoms with Gasteiger partial charge < -0.3 is 15.4 Å². The molecule has 1 fully saturated rings. The summed E-state index contributed by atoms with van der Waals surface area (Å²) in [5.41, 5.74) is 5.84. The first kappa shape index (κ1) is 12.8. The van der Waals surface area contributed by atoms with E-state index in [9.17, 15) is 0 Å². The highest BCUT2D eigenvalue weighted by molar-refractivity contribution is 5.93. The Morgan fingerprint density at radius 1 is 1.61 bits per heavy atom. The highest BCUT2D eigenvalue weighted by atomic mass is 16.5. The zero-order chi connectivity index (χ0) is 13.0. The van der Waals surface area contributed by atoms with E-state index in [-0.39, 0.29) is 5.84 Å². The van der Waals surface area contributed by atoms with Crippen molar-refractivity contribution in [1.29, 1.82) is 5.41 Å². The lowest BCUT2D eigenvalue weighted by atomic mass is 10.4. The number of nitrogens with zero attached hydrogens (tertiary/aromatic N) is 3. The van der Waals surface area contributed by atoms with Gasteiger partial charge in [0.05, 0.1) is 6.61 Å². The molecule has 1 aliphatic rings. The molecule has 0 bridgehead atoms. The summed E-state index contributed by atoms with van der Waals surface area (Å²) in [6.07, 6.45) is 4.22. The van der Waals surface area contributed by atoms with Crippen LogP contribution in [0, 0.1) is 11.3 Å². The Labute approximate surface area is 107 Å². The summed E-state index contributed by atoms with van der Waals surface area (Å²) in [5, 5.41) is 7.34. The van der Waals surface area contributed by atoms with E-state index in [1.807, 2.05) is 11.9 Å². The minimum atomic E-state index is -0.0444. The van der Waals surface area contributed by atoms with E-state index < -0.39 is 0 Å². The Kier molecular flexibility index (Phi) is 4.09. The molecule has 1 saturated carbocycles. The zero-order valence-electron chi connectivity index (χ0n) is 10.6. The minimum absolute atomic E-state index is 0.0444. The molecule has 1 aliphatic carbocycles. The summed E-state index contributed by atoms with van der Waals surface area (Å²) < 4.78 is 5.56. The van der Waals surface area contributed by atoms with Crippen molar-refractivity contribution in [2.75, 3.05) is 31.7 Å². The third-order valence-electron chi connectivity index (χ3n) is 2.88. The average molecular weight is 249 g/mol. The highest BCUT2D eigenvalue weighted by Gasteiger charge is 2.21. The summed E-state index contributed by atoms with van der Waals surface area (Å²) in [4.78, 5) is 10.3. The molecule has 1 aromatic rings. The van der Waals surface area contributed by atoms with Crippen molar-refractivity contribution >= 4 is 11.8 Å². The quantitative estimate of drug-likeness (QED) is 0.420. The number of rotatable bonds is 7. The number of aromatic nitrogens is 2. The van der Waals surface area contributed by atoms with Gasteiger partial charge in [0.15, 0.2) is 0 Å². The van der Waals surface area contributed by atoms with Gasteiger partial charge in [-0.1, -0.05) is 0 Å². The number of likely N-dealkylation sites (N-methyl/N-ethyl adjacent to an activating group) is 1. The van der Waals surface area contributed by atoms with E-state index >= 15 is 0 Å². The molecule has 18 heavy (non-hydrogen) atoms. The number of hydrogen-bond donors (Lipinski definition) is 2. The molecule has 0 aromatic carbocycles. The fourth-order valence-corrected chi connectivity index (χ4v) is 1.52. The number of ether oxygens (including phenoxy) is 1. The molecule has 0 saturated heterocycles. The van der Waals surface area contributed by atoms with E-state index in [0.29, 0.717) is 18.2 Å². The summed E-state index contributed by atoms with van der Waals surface area (Å²) >= 11 is 0. The topological polar surface area (TPSA) is 88.1 Å². The van der Waals surface area contributed by atoms with Gasteiger partial charge in [-0.05, 0) is 24.8 Å². The van der Waals surface area contributed by atoms with Gasteiger partial charge in [0.25, 0.3) is 0 Å². The maximum Gasteiger partial charge on any atom is 0.225 e. The van der Waals surface area contributed by atoms with Gasteiger partial charge in [0, 0.05) is 26.4 Å². The summed E-state index contributed by atoms with van der Waals surface area (Å²) in [7, 11) is 1.90.